The van der Waals surface area contributed by atoms with E-state index in [9.17, 15) is 4.79 Å². The quantitative estimate of drug-likeness (QED) is 0.755. The highest BCUT2D eigenvalue weighted by molar-refractivity contribution is 5.89. The van der Waals surface area contributed by atoms with Gasteiger partial charge in [-0.3, -0.25) is 0 Å². The smallest absolute Gasteiger partial charge is 0.335 e. The van der Waals surface area contributed by atoms with Gasteiger partial charge in [0.1, 0.15) is 6.33 Å². The molecular formula is C10H8N4O2. The Morgan fingerprint density at radius 2 is 2.12 bits per heavy atom. The van der Waals surface area contributed by atoms with Crippen LogP contribution in [0.25, 0.3) is 0 Å². The zero-order valence-electron chi connectivity index (χ0n) is 8.16. The van der Waals surface area contributed by atoms with E-state index in [4.69, 9.17) is 5.11 Å². The van der Waals surface area contributed by atoms with E-state index >= 15 is 0 Å². The van der Waals surface area contributed by atoms with Crippen molar-refractivity contribution in [3.05, 3.63) is 41.7 Å². The first kappa shape index (κ1) is 10.0. The molecule has 0 bridgehead atoms. The van der Waals surface area contributed by atoms with Crippen molar-refractivity contribution in [2.75, 3.05) is 0 Å². The molecule has 0 spiro atoms. The monoisotopic (exact) mass is 216 g/mol. The molecule has 2 rings (SSSR count). The number of carboxylic acid groups (broad SMARTS) is 1. The molecule has 0 amide bonds. The van der Waals surface area contributed by atoms with Crippen LogP contribution in [0.1, 0.15) is 15.9 Å². The van der Waals surface area contributed by atoms with E-state index in [1.54, 1.807) is 18.3 Å². The summed E-state index contributed by atoms with van der Waals surface area (Å²) in [5.41, 5.74) is 1.04. The number of aliphatic imine (C=N–C) groups is 1. The van der Waals surface area contributed by atoms with Crippen LogP contribution in [0.15, 0.2) is 35.6 Å². The van der Waals surface area contributed by atoms with Crippen LogP contribution in [-0.4, -0.2) is 32.5 Å². The molecule has 6 heteroatoms. The Labute approximate surface area is 90.7 Å². The van der Waals surface area contributed by atoms with Crippen molar-refractivity contribution in [2.45, 2.75) is 0 Å². The third kappa shape index (κ3) is 2.30. The van der Waals surface area contributed by atoms with Gasteiger partial charge in [-0.15, -0.1) is 0 Å². The summed E-state index contributed by atoms with van der Waals surface area (Å²) in [5, 5.41) is 14.9. The minimum absolute atomic E-state index is 0.247. The molecule has 2 aromatic rings. The average molecular weight is 216 g/mol. The number of nitrogens with zero attached hydrogens (tertiary/aromatic N) is 3. The van der Waals surface area contributed by atoms with E-state index in [0.717, 1.165) is 5.56 Å². The van der Waals surface area contributed by atoms with Gasteiger partial charge in [-0.2, -0.15) is 10.1 Å². The molecule has 2 N–H and O–H groups in total. The number of aromatic nitrogens is 3. The van der Waals surface area contributed by atoms with Crippen molar-refractivity contribution in [1.82, 2.24) is 15.2 Å². The molecule has 1 aromatic carbocycles. The summed E-state index contributed by atoms with van der Waals surface area (Å²) in [7, 11) is 0. The lowest BCUT2D eigenvalue weighted by Crippen LogP contribution is -1.95. The number of carboxylic acids is 1. The van der Waals surface area contributed by atoms with Crippen molar-refractivity contribution < 1.29 is 9.90 Å². The molecular weight excluding hydrogens is 208 g/mol. The van der Waals surface area contributed by atoms with Crippen molar-refractivity contribution in [2.24, 2.45) is 4.99 Å². The third-order valence-corrected chi connectivity index (χ3v) is 1.90. The van der Waals surface area contributed by atoms with E-state index in [1.807, 2.05) is 0 Å². The fourth-order valence-corrected chi connectivity index (χ4v) is 1.11. The molecule has 0 aliphatic heterocycles. The largest absolute Gasteiger partial charge is 0.478 e. The fourth-order valence-electron chi connectivity index (χ4n) is 1.11. The maximum atomic E-state index is 10.6. The number of aromatic amines is 1. The number of hydrogen-bond acceptors (Lipinski definition) is 4. The summed E-state index contributed by atoms with van der Waals surface area (Å²) >= 11 is 0. The van der Waals surface area contributed by atoms with E-state index in [-0.39, 0.29) is 5.56 Å². The average Bonchev–Trinajstić information content (AvgIpc) is 2.80. The first-order valence-electron chi connectivity index (χ1n) is 4.48. The number of nitrogens with one attached hydrogen (secondary N) is 1. The molecule has 16 heavy (non-hydrogen) atoms. The molecule has 0 fully saturated rings. The lowest BCUT2D eigenvalue weighted by Gasteiger charge is -1.94. The van der Waals surface area contributed by atoms with Crippen molar-refractivity contribution >= 4 is 18.1 Å². The number of hydrogen-bond donors (Lipinski definition) is 2. The summed E-state index contributed by atoms with van der Waals surface area (Å²) in [4.78, 5) is 18.4. The molecule has 80 valence electrons. The molecule has 0 aliphatic rings. The first-order valence-corrected chi connectivity index (χ1v) is 4.48. The Hall–Kier alpha value is -2.50. The summed E-state index contributed by atoms with van der Waals surface area (Å²) in [6.45, 7) is 0. The van der Waals surface area contributed by atoms with Gasteiger partial charge in [-0.25, -0.2) is 14.9 Å². The number of benzene rings is 1. The Bertz CT molecular complexity index is 502. The molecule has 0 radical (unpaired) electrons. The molecule has 0 saturated carbocycles. The zero-order valence-corrected chi connectivity index (χ0v) is 8.16. The van der Waals surface area contributed by atoms with Gasteiger partial charge < -0.3 is 5.11 Å². The number of aromatic carboxylic acids is 1. The van der Waals surface area contributed by atoms with Gasteiger partial charge in [0.05, 0.1) is 5.56 Å². The van der Waals surface area contributed by atoms with E-state index in [1.165, 1.54) is 18.5 Å². The van der Waals surface area contributed by atoms with Crippen LogP contribution in [0, 0.1) is 0 Å². The second-order valence-corrected chi connectivity index (χ2v) is 2.99. The highest BCUT2D eigenvalue weighted by Crippen LogP contribution is 2.04. The number of H-pyrrole nitrogens is 1. The number of carbonyl (C=O) groups is 1. The molecule has 6 nitrogen and oxygen atoms in total. The minimum Gasteiger partial charge on any atom is -0.478 e. The fraction of sp³-hybridized carbons (Fsp3) is 0. The minimum atomic E-state index is -0.946. The zero-order chi connectivity index (χ0) is 11.4. The van der Waals surface area contributed by atoms with Crippen LogP contribution in [0.2, 0.25) is 0 Å². The normalized spacial score (nSPS) is 10.8. The lowest BCUT2D eigenvalue weighted by molar-refractivity contribution is 0.0697. The van der Waals surface area contributed by atoms with Crippen molar-refractivity contribution in [3.8, 4) is 0 Å². The van der Waals surface area contributed by atoms with Crippen molar-refractivity contribution in [3.63, 3.8) is 0 Å². The summed E-state index contributed by atoms with van der Waals surface area (Å²) in [5.74, 6) is -0.541. The van der Waals surface area contributed by atoms with E-state index in [0.29, 0.717) is 5.95 Å². The summed E-state index contributed by atoms with van der Waals surface area (Å²) in [6, 6.07) is 6.38. The summed E-state index contributed by atoms with van der Waals surface area (Å²) in [6.07, 6.45) is 2.94. The standard InChI is InChI=1S/C10H8N4O2/c15-9(16)8-3-1-7(2-4-8)5-11-10-12-6-13-14-10/h1-6H,(H,15,16)(H,12,13,14). The third-order valence-electron chi connectivity index (χ3n) is 1.90. The number of rotatable bonds is 3. The van der Waals surface area contributed by atoms with Gasteiger partial charge in [0, 0.05) is 6.21 Å². The first-order chi connectivity index (χ1) is 7.75. The van der Waals surface area contributed by atoms with Crippen LogP contribution in [-0.2, 0) is 0 Å². The van der Waals surface area contributed by atoms with Crippen molar-refractivity contribution in [1.29, 1.82) is 0 Å². The van der Waals surface area contributed by atoms with Gasteiger partial charge >= 0.3 is 5.97 Å². The highest BCUT2D eigenvalue weighted by Gasteiger charge is 2.00. The van der Waals surface area contributed by atoms with Crippen LogP contribution in [0.3, 0.4) is 0 Å². The Balaban J connectivity index is 2.14. The predicted octanol–water partition coefficient (Wildman–Crippen LogP) is 1.25. The van der Waals surface area contributed by atoms with Crippen LogP contribution in [0.5, 0.6) is 0 Å². The van der Waals surface area contributed by atoms with Gasteiger partial charge in [-0.1, -0.05) is 12.1 Å². The van der Waals surface area contributed by atoms with Gasteiger partial charge in [0.25, 0.3) is 0 Å². The van der Waals surface area contributed by atoms with Crippen LogP contribution in [0.4, 0.5) is 5.95 Å². The molecule has 0 saturated heterocycles. The maximum absolute atomic E-state index is 10.6. The van der Waals surface area contributed by atoms with Crippen LogP contribution < -0.4 is 0 Å². The van der Waals surface area contributed by atoms with Gasteiger partial charge in [0.15, 0.2) is 0 Å². The van der Waals surface area contributed by atoms with E-state index in [2.05, 4.69) is 20.2 Å². The second kappa shape index (κ2) is 4.35. The van der Waals surface area contributed by atoms with Gasteiger partial charge in [-0.05, 0) is 17.7 Å². The maximum Gasteiger partial charge on any atom is 0.335 e. The van der Waals surface area contributed by atoms with Crippen LogP contribution >= 0.6 is 0 Å². The van der Waals surface area contributed by atoms with E-state index < -0.39 is 5.97 Å². The van der Waals surface area contributed by atoms with Gasteiger partial charge in [0.2, 0.25) is 5.95 Å². The Kier molecular flexibility index (Phi) is 2.73. The second-order valence-electron chi connectivity index (χ2n) is 2.99. The Morgan fingerprint density at radius 1 is 1.38 bits per heavy atom. The topological polar surface area (TPSA) is 91.2 Å². The lowest BCUT2D eigenvalue weighted by atomic mass is 10.1. The molecule has 1 heterocycles. The predicted molar refractivity (Wildman–Crippen MR) is 57.0 cm³/mol. The Morgan fingerprint density at radius 3 is 2.69 bits per heavy atom. The molecule has 0 atom stereocenters. The SMILES string of the molecule is O=C(O)c1ccc(C=Nc2ncn[nH]2)cc1. The molecule has 1 aromatic heterocycles. The highest BCUT2D eigenvalue weighted by atomic mass is 16.4. The molecule has 0 aliphatic carbocycles. The molecule has 0 unspecified atom stereocenters. The summed E-state index contributed by atoms with van der Waals surface area (Å²) < 4.78 is 0.